The predicted molar refractivity (Wildman–Crippen MR) is 83.6 cm³/mol. The van der Waals surface area contributed by atoms with Crippen LogP contribution in [0.2, 0.25) is 10.0 Å². The summed E-state index contributed by atoms with van der Waals surface area (Å²) in [5.41, 5.74) is 7.30. The van der Waals surface area contributed by atoms with E-state index in [1.807, 2.05) is 19.1 Å². The molecule has 19 heavy (non-hydrogen) atoms. The molecule has 0 saturated carbocycles. The molecular weight excluding hydrogens is 301 g/mol. The fourth-order valence-corrected chi connectivity index (χ4v) is 2.16. The van der Waals surface area contributed by atoms with E-state index in [2.05, 4.69) is 0 Å². The maximum Gasteiger partial charge on any atom is 0.146 e. The summed E-state index contributed by atoms with van der Waals surface area (Å²) in [6.45, 7) is 1.96. The van der Waals surface area contributed by atoms with Crippen LogP contribution < -0.4 is 10.5 Å². The van der Waals surface area contributed by atoms with Gasteiger partial charge < -0.3 is 10.5 Å². The zero-order valence-corrected chi connectivity index (χ0v) is 12.4. The first-order valence-electron chi connectivity index (χ1n) is 5.51. The summed E-state index contributed by atoms with van der Waals surface area (Å²) >= 11 is 17.1. The van der Waals surface area contributed by atoms with Crippen molar-refractivity contribution in [1.82, 2.24) is 0 Å². The highest BCUT2D eigenvalue weighted by atomic mass is 35.5. The topological polar surface area (TPSA) is 35.2 Å². The van der Waals surface area contributed by atoms with E-state index in [1.54, 1.807) is 24.3 Å². The lowest BCUT2D eigenvalue weighted by Crippen LogP contribution is -2.08. The Kier molecular flexibility index (Phi) is 4.30. The van der Waals surface area contributed by atoms with E-state index >= 15 is 0 Å². The Bertz CT molecular complexity index is 643. The Hall–Kier alpha value is -1.29. The van der Waals surface area contributed by atoms with Gasteiger partial charge in [0.05, 0.1) is 10.0 Å². The zero-order valence-electron chi connectivity index (χ0n) is 10.1. The van der Waals surface area contributed by atoms with Crippen LogP contribution in [0.3, 0.4) is 0 Å². The summed E-state index contributed by atoms with van der Waals surface area (Å²) in [5, 5.41) is 0.969. The fraction of sp³-hybridized carbons (Fsp3) is 0.0714. The second-order valence-electron chi connectivity index (χ2n) is 4.05. The van der Waals surface area contributed by atoms with E-state index in [1.165, 1.54) is 0 Å². The van der Waals surface area contributed by atoms with Crippen LogP contribution in [0, 0.1) is 6.92 Å². The van der Waals surface area contributed by atoms with Crippen molar-refractivity contribution in [3.63, 3.8) is 0 Å². The zero-order chi connectivity index (χ0) is 14.0. The Morgan fingerprint density at radius 1 is 1.05 bits per heavy atom. The molecule has 2 nitrogen and oxygen atoms in total. The molecule has 0 aliphatic heterocycles. The van der Waals surface area contributed by atoms with Gasteiger partial charge in [-0.1, -0.05) is 41.5 Å². The van der Waals surface area contributed by atoms with E-state index in [4.69, 9.17) is 45.9 Å². The van der Waals surface area contributed by atoms with Crippen LogP contribution in [0.15, 0.2) is 36.4 Å². The molecule has 0 aliphatic carbocycles. The van der Waals surface area contributed by atoms with Crippen molar-refractivity contribution >= 4 is 40.4 Å². The molecule has 2 aromatic rings. The quantitative estimate of drug-likeness (QED) is 0.832. The molecule has 2 aromatic carbocycles. The van der Waals surface area contributed by atoms with Crippen molar-refractivity contribution in [2.75, 3.05) is 0 Å². The first kappa shape index (κ1) is 14.1. The molecule has 0 aliphatic rings. The van der Waals surface area contributed by atoms with Crippen LogP contribution in [0.5, 0.6) is 11.5 Å². The van der Waals surface area contributed by atoms with Crippen molar-refractivity contribution in [3.8, 4) is 11.5 Å². The molecule has 0 radical (unpaired) electrons. The van der Waals surface area contributed by atoms with E-state index in [9.17, 15) is 0 Å². The van der Waals surface area contributed by atoms with Crippen molar-refractivity contribution in [3.05, 3.63) is 57.6 Å². The Labute approximate surface area is 127 Å². The van der Waals surface area contributed by atoms with Crippen molar-refractivity contribution in [2.24, 2.45) is 5.73 Å². The first-order valence-corrected chi connectivity index (χ1v) is 6.67. The smallest absolute Gasteiger partial charge is 0.146 e. The molecule has 0 aromatic heterocycles. The molecule has 2 rings (SSSR count). The molecule has 5 heteroatoms. The van der Waals surface area contributed by atoms with Crippen molar-refractivity contribution in [1.29, 1.82) is 0 Å². The highest BCUT2D eigenvalue weighted by Crippen LogP contribution is 2.34. The number of nitrogens with two attached hydrogens (primary N) is 1. The van der Waals surface area contributed by atoms with Gasteiger partial charge in [-0.15, -0.1) is 0 Å². The second-order valence-corrected chi connectivity index (χ2v) is 5.30. The number of hydrogen-bond acceptors (Lipinski definition) is 2. The summed E-state index contributed by atoms with van der Waals surface area (Å²) in [7, 11) is 0. The minimum absolute atomic E-state index is 0.293. The third-order valence-electron chi connectivity index (χ3n) is 2.52. The van der Waals surface area contributed by atoms with Crippen LogP contribution >= 0.6 is 35.4 Å². The SMILES string of the molecule is Cc1ccc(Oc2ccc(C(N)=S)cc2Cl)c(Cl)c1. The summed E-state index contributed by atoms with van der Waals surface area (Å²) in [4.78, 5) is 0.293. The number of benzene rings is 2. The van der Waals surface area contributed by atoms with E-state index in [-0.39, 0.29) is 0 Å². The van der Waals surface area contributed by atoms with E-state index in [0.717, 1.165) is 5.56 Å². The Morgan fingerprint density at radius 2 is 1.63 bits per heavy atom. The van der Waals surface area contributed by atoms with Gasteiger partial charge in [-0.2, -0.15) is 0 Å². The molecule has 0 spiro atoms. The van der Waals surface area contributed by atoms with Crippen molar-refractivity contribution in [2.45, 2.75) is 6.92 Å². The molecule has 0 saturated heterocycles. The van der Waals surface area contributed by atoms with E-state index < -0.39 is 0 Å². The van der Waals surface area contributed by atoms with Gasteiger partial charge in [0.15, 0.2) is 0 Å². The van der Waals surface area contributed by atoms with Crippen LogP contribution in [0.1, 0.15) is 11.1 Å². The third-order valence-corrected chi connectivity index (χ3v) is 3.35. The van der Waals surface area contributed by atoms with Crippen LogP contribution in [-0.4, -0.2) is 4.99 Å². The lowest BCUT2D eigenvalue weighted by atomic mass is 10.2. The lowest BCUT2D eigenvalue weighted by molar-refractivity contribution is 0.483. The third kappa shape index (κ3) is 3.38. The van der Waals surface area contributed by atoms with Gasteiger partial charge in [0.2, 0.25) is 0 Å². The molecule has 0 bridgehead atoms. The lowest BCUT2D eigenvalue weighted by Gasteiger charge is -2.10. The number of hydrogen-bond donors (Lipinski definition) is 1. The van der Waals surface area contributed by atoms with Gasteiger partial charge in [0.1, 0.15) is 16.5 Å². The average molecular weight is 312 g/mol. The molecule has 0 heterocycles. The van der Waals surface area contributed by atoms with Crippen LogP contribution in [0.4, 0.5) is 0 Å². The number of thiocarbonyl (C=S) groups is 1. The summed E-state index contributed by atoms with van der Waals surface area (Å²) < 4.78 is 5.68. The Balaban J connectivity index is 2.31. The normalized spacial score (nSPS) is 10.3. The molecule has 0 amide bonds. The van der Waals surface area contributed by atoms with Gasteiger partial charge in [0, 0.05) is 5.56 Å². The fourth-order valence-electron chi connectivity index (χ4n) is 1.54. The van der Waals surface area contributed by atoms with E-state index in [0.29, 0.717) is 32.1 Å². The standard InChI is InChI=1S/C14H11Cl2NOS/c1-8-2-4-12(10(15)6-8)18-13-5-3-9(14(17)19)7-11(13)16/h2-7H,1H3,(H2,17,19). The molecule has 2 N–H and O–H groups in total. The summed E-state index contributed by atoms with van der Waals surface area (Å²) in [5.74, 6) is 1.06. The van der Waals surface area contributed by atoms with Gasteiger partial charge in [-0.05, 0) is 42.8 Å². The average Bonchev–Trinajstić information content (AvgIpc) is 2.34. The molecule has 0 fully saturated rings. The minimum atomic E-state index is 0.293. The predicted octanol–water partition coefficient (Wildman–Crippen LogP) is 4.73. The molecule has 98 valence electrons. The number of halogens is 2. The number of ether oxygens (including phenoxy) is 1. The van der Waals surface area contributed by atoms with Gasteiger partial charge in [-0.25, -0.2) is 0 Å². The summed E-state index contributed by atoms with van der Waals surface area (Å²) in [6, 6.07) is 10.7. The van der Waals surface area contributed by atoms with Gasteiger partial charge >= 0.3 is 0 Å². The van der Waals surface area contributed by atoms with Crippen LogP contribution in [0.25, 0.3) is 0 Å². The Morgan fingerprint density at radius 3 is 2.16 bits per heavy atom. The minimum Gasteiger partial charge on any atom is -0.454 e. The van der Waals surface area contributed by atoms with Crippen LogP contribution in [-0.2, 0) is 0 Å². The monoisotopic (exact) mass is 311 g/mol. The van der Waals surface area contributed by atoms with Gasteiger partial charge in [-0.3, -0.25) is 0 Å². The first-order chi connectivity index (χ1) is 8.97. The number of aryl methyl sites for hydroxylation is 1. The number of rotatable bonds is 3. The second kappa shape index (κ2) is 5.78. The highest BCUT2D eigenvalue weighted by molar-refractivity contribution is 7.80. The largest absolute Gasteiger partial charge is 0.454 e. The maximum atomic E-state index is 6.12. The summed E-state index contributed by atoms with van der Waals surface area (Å²) in [6.07, 6.45) is 0. The van der Waals surface area contributed by atoms with Crippen molar-refractivity contribution < 1.29 is 4.74 Å². The molecule has 0 unspecified atom stereocenters. The molecule has 0 atom stereocenters. The highest BCUT2D eigenvalue weighted by Gasteiger charge is 2.08. The van der Waals surface area contributed by atoms with Gasteiger partial charge in [0.25, 0.3) is 0 Å². The molecular formula is C14H11Cl2NOS. The maximum absolute atomic E-state index is 6.12.